The van der Waals surface area contributed by atoms with Crippen LogP contribution in [0, 0.1) is 0 Å². The number of aliphatic hydroxyl groups is 1. The number of nitrogens with zero attached hydrogens (tertiary/aromatic N) is 1. The quantitative estimate of drug-likeness (QED) is 0.831. The first-order valence-electron chi connectivity index (χ1n) is 6.28. The molecule has 0 aromatic carbocycles. The predicted molar refractivity (Wildman–Crippen MR) is 68.8 cm³/mol. The monoisotopic (exact) mass is 249 g/mol. The molecule has 1 aromatic rings. The summed E-state index contributed by atoms with van der Waals surface area (Å²) in [5.41, 5.74) is -0.692. The van der Waals surface area contributed by atoms with E-state index in [1.807, 2.05) is 0 Å². The normalized spacial score (nSPS) is 18.3. The highest BCUT2D eigenvalue weighted by atomic mass is 16.3. The van der Waals surface area contributed by atoms with Gasteiger partial charge < -0.3 is 14.4 Å². The van der Waals surface area contributed by atoms with Crippen molar-refractivity contribution in [2.24, 2.45) is 0 Å². The van der Waals surface area contributed by atoms with E-state index in [1.54, 1.807) is 36.4 Å². The molecule has 0 unspecified atom stereocenters. The van der Waals surface area contributed by atoms with Crippen LogP contribution in [-0.4, -0.2) is 35.1 Å². The molecule has 1 aromatic heterocycles. The first kappa shape index (κ1) is 12.9. The average Bonchev–Trinajstić information content (AvgIpc) is 2.97. The fourth-order valence-corrected chi connectivity index (χ4v) is 2.38. The second-order valence-electron chi connectivity index (χ2n) is 4.97. The predicted octanol–water partition coefficient (Wildman–Crippen LogP) is 2.06. The van der Waals surface area contributed by atoms with E-state index in [4.69, 9.17) is 4.42 Å². The number of likely N-dealkylation sites (N-methyl/N-ethyl adjacent to an activating group) is 1. The summed E-state index contributed by atoms with van der Waals surface area (Å²) in [7, 11) is 1.71. The summed E-state index contributed by atoms with van der Waals surface area (Å²) >= 11 is 0. The summed E-state index contributed by atoms with van der Waals surface area (Å²) < 4.78 is 5.11. The number of rotatable bonds is 4. The van der Waals surface area contributed by atoms with Crippen molar-refractivity contribution < 1.29 is 14.3 Å². The van der Waals surface area contributed by atoms with Crippen LogP contribution in [0.5, 0.6) is 0 Å². The van der Waals surface area contributed by atoms with Crippen molar-refractivity contribution in [2.45, 2.75) is 31.3 Å². The highest BCUT2D eigenvalue weighted by Gasteiger charge is 2.32. The van der Waals surface area contributed by atoms with Gasteiger partial charge in [0.1, 0.15) is 5.76 Å². The van der Waals surface area contributed by atoms with Crippen molar-refractivity contribution in [3.63, 3.8) is 0 Å². The number of amides is 1. The maximum absolute atomic E-state index is 11.9. The lowest BCUT2D eigenvalue weighted by Crippen LogP contribution is -2.41. The van der Waals surface area contributed by atoms with Crippen LogP contribution in [-0.2, 0) is 4.79 Å². The Morgan fingerprint density at radius 2 is 2.28 bits per heavy atom. The zero-order chi connectivity index (χ0) is 13.0. The Morgan fingerprint density at radius 1 is 1.56 bits per heavy atom. The molecule has 1 N–H and O–H groups in total. The molecule has 4 nitrogen and oxygen atoms in total. The van der Waals surface area contributed by atoms with Crippen molar-refractivity contribution in [3.05, 3.63) is 30.2 Å². The van der Waals surface area contributed by atoms with E-state index < -0.39 is 5.60 Å². The van der Waals surface area contributed by atoms with Gasteiger partial charge in [-0.25, -0.2) is 0 Å². The molecule has 2 rings (SSSR count). The third-order valence-corrected chi connectivity index (χ3v) is 3.38. The lowest BCUT2D eigenvalue weighted by atomic mass is 10.0. The van der Waals surface area contributed by atoms with E-state index in [-0.39, 0.29) is 5.91 Å². The van der Waals surface area contributed by atoms with E-state index >= 15 is 0 Å². The van der Waals surface area contributed by atoms with Crippen LogP contribution in [0.2, 0.25) is 0 Å². The van der Waals surface area contributed by atoms with Crippen LogP contribution >= 0.6 is 0 Å². The van der Waals surface area contributed by atoms with Gasteiger partial charge in [0, 0.05) is 19.7 Å². The van der Waals surface area contributed by atoms with Crippen molar-refractivity contribution >= 4 is 12.0 Å². The Bertz CT molecular complexity index is 416. The van der Waals surface area contributed by atoms with E-state index in [1.165, 1.54) is 6.08 Å². The number of hydrogen-bond acceptors (Lipinski definition) is 3. The van der Waals surface area contributed by atoms with Crippen molar-refractivity contribution in [1.29, 1.82) is 0 Å². The molecular weight excluding hydrogens is 230 g/mol. The second kappa shape index (κ2) is 5.40. The Kier molecular flexibility index (Phi) is 3.87. The molecule has 1 aliphatic rings. The molecule has 0 atom stereocenters. The molecular formula is C14H19NO3. The van der Waals surface area contributed by atoms with Crippen LogP contribution < -0.4 is 0 Å². The highest BCUT2D eigenvalue weighted by Crippen LogP contribution is 2.29. The number of furan rings is 1. The fourth-order valence-electron chi connectivity index (χ4n) is 2.38. The van der Waals surface area contributed by atoms with Gasteiger partial charge in [-0.2, -0.15) is 0 Å². The molecule has 1 aliphatic carbocycles. The summed E-state index contributed by atoms with van der Waals surface area (Å²) in [5.74, 6) is 0.531. The van der Waals surface area contributed by atoms with Gasteiger partial charge in [-0.1, -0.05) is 12.8 Å². The fraction of sp³-hybridized carbons (Fsp3) is 0.500. The van der Waals surface area contributed by atoms with E-state index in [0.717, 1.165) is 25.7 Å². The Balaban J connectivity index is 1.88. The highest BCUT2D eigenvalue weighted by molar-refractivity contribution is 5.91. The van der Waals surface area contributed by atoms with Gasteiger partial charge in [0.25, 0.3) is 0 Å². The Hall–Kier alpha value is -1.55. The number of carbonyl (C=O) groups excluding carboxylic acids is 1. The van der Waals surface area contributed by atoms with Gasteiger partial charge in [0.2, 0.25) is 5.91 Å². The smallest absolute Gasteiger partial charge is 0.246 e. The lowest BCUT2D eigenvalue weighted by molar-refractivity contribution is -0.127. The standard InChI is InChI=1S/C14H19NO3/c1-15(11-14(17)8-2-3-9-14)13(16)7-6-12-5-4-10-18-12/h4-7,10,17H,2-3,8-9,11H2,1H3/b7-6+. The number of hydrogen-bond donors (Lipinski definition) is 1. The molecule has 1 saturated carbocycles. The molecule has 0 bridgehead atoms. The summed E-state index contributed by atoms with van der Waals surface area (Å²) in [5, 5.41) is 10.2. The molecule has 1 heterocycles. The minimum Gasteiger partial charge on any atom is -0.465 e. The zero-order valence-electron chi connectivity index (χ0n) is 10.6. The van der Waals surface area contributed by atoms with Crippen molar-refractivity contribution in [2.75, 3.05) is 13.6 Å². The molecule has 0 saturated heterocycles. The topological polar surface area (TPSA) is 53.7 Å². The minimum atomic E-state index is -0.692. The summed E-state index contributed by atoms with van der Waals surface area (Å²) in [6, 6.07) is 3.56. The molecule has 1 amide bonds. The van der Waals surface area contributed by atoms with Gasteiger partial charge in [-0.05, 0) is 31.1 Å². The number of carbonyl (C=O) groups is 1. The molecule has 0 spiro atoms. The third kappa shape index (κ3) is 3.23. The first-order valence-corrected chi connectivity index (χ1v) is 6.28. The molecule has 0 aliphatic heterocycles. The maximum atomic E-state index is 11.9. The molecule has 0 radical (unpaired) electrons. The summed E-state index contributed by atoms with van der Waals surface area (Å²) in [6.07, 6.45) is 8.32. The molecule has 98 valence electrons. The van der Waals surface area contributed by atoms with Gasteiger partial charge in [0.05, 0.1) is 11.9 Å². The Morgan fingerprint density at radius 3 is 2.89 bits per heavy atom. The van der Waals surface area contributed by atoms with Gasteiger partial charge in [-0.15, -0.1) is 0 Å². The van der Waals surface area contributed by atoms with Crippen LogP contribution in [0.4, 0.5) is 0 Å². The minimum absolute atomic E-state index is 0.119. The molecule has 18 heavy (non-hydrogen) atoms. The second-order valence-corrected chi connectivity index (χ2v) is 4.97. The van der Waals surface area contributed by atoms with E-state index in [2.05, 4.69) is 0 Å². The SMILES string of the molecule is CN(CC1(O)CCCC1)C(=O)/C=C/c1ccco1. The summed E-state index contributed by atoms with van der Waals surface area (Å²) in [6.45, 7) is 0.397. The zero-order valence-corrected chi connectivity index (χ0v) is 10.6. The van der Waals surface area contributed by atoms with Crippen LogP contribution in [0.15, 0.2) is 28.9 Å². The molecule has 1 fully saturated rings. The van der Waals surface area contributed by atoms with Crippen LogP contribution in [0.3, 0.4) is 0 Å². The van der Waals surface area contributed by atoms with E-state index in [0.29, 0.717) is 12.3 Å². The van der Waals surface area contributed by atoms with Crippen LogP contribution in [0.1, 0.15) is 31.4 Å². The largest absolute Gasteiger partial charge is 0.465 e. The average molecular weight is 249 g/mol. The third-order valence-electron chi connectivity index (χ3n) is 3.38. The first-order chi connectivity index (χ1) is 8.59. The van der Waals surface area contributed by atoms with Crippen LogP contribution in [0.25, 0.3) is 6.08 Å². The summed E-state index contributed by atoms with van der Waals surface area (Å²) in [4.78, 5) is 13.4. The van der Waals surface area contributed by atoms with Crippen molar-refractivity contribution in [1.82, 2.24) is 4.90 Å². The lowest BCUT2D eigenvalue weighted by Gasteiger charge is -2.27. The van der Waals surface area contributed by atoms with Crippen molar-refractivity contribution in [3.8, 4) is 0 Å². The van der Waals surface area contributed by atoms with Gasteiger partial charge in [-0.3, -0.25) is 4.79 Å². The van der Waals surface area contributed by atoms with Gasteiger partial charge >= 0.3 is 0 Å². The van der Waals surface area contributed by atoms with Gasteiger partial charge in [0.15, 0.2) is 0 Å². The van der Waals surface area contributed by atoms with E-state index in [9.17, 15) is 9.90 Å². The maximum Gasteiger partial charge on any atom is 0.246 e. The molecule has 4 heteroatoms. The Labute approximate surface area is 107 Å².